The molecule has 16 heavy (non-hydrogen) atoms. The van der Waals surface area contributed by atoms with Crippen molar-refractivity contribution < 1.29 is 5.11 Å². The molecule has 2 N–H and O–H groups in total. The number of aliphatic hydroxyl groups is 1. The van der Waals surface area contributed by atoms with Gasteiger partial charge in [0.15, 0.2) is 0 Å². The van der Waals surface area contributed by atoms with E-state index in [2.05, 4.69) is 15.3 Å². The molecule has 90 valence electrons. The van der Waals surface area contributed by atoms with Crippen LogP contribution in [0.1, 0.15) is 20.8 Å². The largest absolute Gasteiger partial charge is 0.394 e. The number of hydrogen-bond donors (Lipinski definition) is 2. The number of rotatable bonds is 5. The molecule has 0 atom stereocenters. The maximum absolute atomic E-state index is 9.30. The number of nitrogens with zero attached hydrogens (tertiary/aromatic N) is 3. The lowest BCUT2D eigenvalue weighted by molar-refractivity contribution is 0.215. The van der Waals surface area contributed by atoms with Crippen LogP contribution in [0.2, 0.25) is 0 Å². The van der Waals surface area contributed by atoms with Gasteiger partial charge in [-0.05, 0) is 20.8 Å². The van der Waals surface area contributed by atoms with Gasteiger partial charge in [-0.25, -0.2) is 9.97 Å². The minimum Gasteiger partial charge on any atom is -0.394 e. The number of aromatic nitrogens is 2. The van der Waals surface area contributed by atoms with Crippen molar-refractivity contribution in [3.05, 3.63) is 12.4 Å². The number of nitrogens with one attached hydrogen (secondary N) is 1. The van der Waals surface area contributed by atoms with E-state index in [1.54, 1.807) is 0 Å². The number of likely N-dealkylation sites (N-methyl/N-ethyl adjacent to an activating group) is 1. The van der Waals surface area contributed by atoms with Crippen molar-refractivity contribution in [2.24, 2.45) is 0 Å². The van der Waals surface area contributed by atoms with Crippen LogP contribution in [-0.4, -0.2) is 40.8 Å². The summed E-state index contributed by atoms with van der Waals surface area (Å²) >= 11 is 0. The standard InChI is InChI=1S/C11H20N4O/c1-5-12-9-6-10(14-8-13-9)15(4)11(2,3)7-16/h6,8,16H,5,7H2,1-4H3,(H,12,13,14). The maximum atomic E-state index is 9.30. The maximum Gasteiger partial charge on any atom is 0.134 e. The fraction of sp³-hybridized carbons (Fsp3) is 0.636. The number of hydrogen-bond acceptors (Lipinski definition) is 5. The van der Waals surface area contributed by atoms with E-state index in [0.717, 1.165) is 18.2 Å². The molecule has 5 nitrogen and oxygen atoms in total. The fourth-order valence-corrected chi connectivity index (χ4v) is 1.22. The lowest BCUT2D eigenvalue weighted by Crippen LogP contribution is -2.44. The molecule has 0 aliphatic heterocycles. The molecule has 0 unspecified atom stereocenters. The SMILES string of the molecule is CCNc1cc(N(C)C(C)(C)CO)ncn1. The van der Waals surface area contributed by atoms with Crippen molar-refractivity contribution in [2.45, 2.75) is 26.3 Å². The average molecular weight is 224 g/mol. The van der Waals surface area contributed by atoms with Crippen LogP contribution in [-0.2, 0) is 0 Å². The first kappa shape index (κ1) is 12.7. The Balaban J connectivity index is 2.91. The molecule has 0 bridgehead atoms. The molecule has 0 radical (unpaired) electrons. The summed E-state index contributed by atoms with van der Waals surface area (Å²) in [6.07, 6.45) is 1.53. The van der Waals surface area contributed by atoms with Crippen molar-refractivity contribution in [2.75, 3.05) is 30.4 Å². The van der Waals surface area contributed by atoms with Crippen LogP contribution in [0, 0.1) is 0 Å². The first-order valence-electron chi connectivity index (χ1n) is 5.42. The van der Waals surface area contributed by atoms with Gasteiger partial charge >= 0.3 is 0 Å². The van der Waals surface area contributed by atoms with Gasteiger partial charge in [-0.2, -0.15) is 0 Å². The Morgan fingerprint density at radius 1 is 1.44 bits per heavy atom. The second-order valence-corrected chi connectivity index (χ2v) is 4.32. The Labute approximate surface area is 96.5 Å². The van der Waals surface area contributed by atoms with E-state index in [-0.39, 0.29) is 12.1 Å². The van der Waals surface area contributed by atoms with E-state index in [1.165, 1.54) is 6.33 Å². The molecule has 0 aromatic carbocycles. The number of anilines is 2. The highest BCUT2D eigenvalue weighted by molar-refractivity contribution is 5.49. The van der Waals surface area contributed by atoms with E-state index in [9.17, 15) is 5.11 Å². The summed E-state index contributed by atoms with van der Waals surface area (Å²) in [7, 11) is 1.91. The Morgan fingerprint density at radius 2 is 2.12 bits per heavy atom. The van der Waals surface area contributed by atoms with Gasteiger partial charge in [-0.3, -0.25) is 0 Å². The highest BCUT2D eigenvalue weighted by Crippen LogP contribution is 2.20. The zero-order valence-electron chi connectivity index (χ0n) is 10.4. The van der Waals surface area contributed by atoms with Crippen molar-refractivity contribution in [3.8, 4) is 0 Å². The molecule has 1 aromatic heterocycles. The quantitative estimate of drug-likeness (QED) is 0.784. The average Bonchev–Trinajstić information content (AvgIpc) is 2.29. The van der Waals surface area contributed by atoms with E-state index in [1.807, 2.05) is 38.8 Å². The Morgan fingerprint density at radius 3 is 2.69 bits per heavy atom. The van der Waals surface area contributed by atoms with Gasteiger partial charge in [-0.1, -0.05) is 0 Å². The zero-order chi connectivity index (χ0) is 12.2. The predicted octanol–water partition coefficient (Wildman–Crippen LogP) is 1.12. The van der Waals surface area contributed by atoms with Crippen LogP contribution < -0.4 is 10.2 Å². The third kappa shape index (κ3) is 2.82. The molecule has 0 amide bonds. The van der Waals surface area contributed by atoms with Crippen LogP contribution in [0.15, 0.2) is 12.4 Å². The third-order valence-electron chi connectivity index (χ3n) is 2.65. The van der Waals surface area contributed by atoms with Crippen molar-refractivity contribution in [1.82, 2.24) is 9.97 Å². The molecule has 0 fully saturated rings. The molecular weight excluding hydrogens is 204 g/mol. The lowest BCUT2D eigenvalue weighted by atomic mass is 10.1. The van der Waals surface area contributed by atoms with Crippen molar-refractivity contribution >= 4 is 11.6 Å². The number of aliphatic hydroxyl groups excluding tert-OH is 1. The van der Waals surface area contributed by atoms with E-state index in [0.29, 0.717) is 0 Å². The molecule has 0 saturated carbocycles. The highest BCUT2D eigenvalue weighted by atomic mass is 16.3. The van der Waals surface area contributed by atoms with Gasteiger partial charge in [0.05, 0.1) is 12.1 Å². The summed E-state index contributed by atoms with van der Waals surface area (Å²) in [5, 5.41) is 12.4. The Bertz CT molecular complexity index is 341. The first-order chi connectivity index (χ1) is 7.51. The summed E-state index contributed by atoms with van der Waals surface area (Å²) in [4.78, 5) is 10.2. The van der Waals surface area contributed by atoms with Gasteiger partial charge in [0.25, 0.3) is 0 Å². The smallest absolute Gasteiger partial charge is 0.134 e. The lowest BCUT2D eigenvalue weighted by Gasteiger charge is -2.34. The van der Waals surface area contributed by atoms with Crippen molar-refractivity contribution in [1.29, 1.82) is 0 Å². The summed E-state index contributed by atoms with van der Waals surface area (Å²) < 4.78 is 0. The fourth-order valence-electron chi connectivity index (χ4n) is 1.22. The zero-order valence-corrected chi connectivity index (χ0v) is 10.4. The molecule has 1 heterocycles. The van der Waals surface area contributed by atoms with E-state index >= 15 is 0 Å². The second-order valence-electron chi connectivity index (χ2n) is 4.32. The Kier molecular flexibility index (Phi) is 4.06. The topological polar surface area (TPSA) is 61.3 Å². The van der Waals surface area contributed by atoms with E-state index < -0.39 is 0 Å². The van der Waals surface area contributed by atoms with Gasteiger partial charge < -0.3 is 15.3 Å². The predicted molar refractivity (Wildman–Crippen MR) is 65.8 cm³/mol. The summed E-state index contributed by atoms with van der Waals surface area (Å²) in [6, 6.07) is 1.88. The summed E-state index contributed by atoms with van der Waals surface area (Å²) in [6.45, 7) is 6.83. The van der Waals surface area contributed by atoms with Crippen LogP contribution in [0.4, 0.5) is 11.6 Å². The molecular formula is C11H20N4O. The van der Waals surface area contributed by atoms with Crippen LogP contribution in [0.5, 0.6) is 0 Å². The molecule has 0 spiro atoms. The molecule has 0 aliphatic rings. The van der Waals surface area contributed by atoms with Crippen LogP contribution in [0.25, 0.3) is 0 Å². The van der Waals surface area contributed by atoms with Gasteiger partial charge in [0, 0.05) is 19.7 Å². The Hall–Kier alpha value is -1.36. The molecule has 0 aliphatic carbocycles. The second kappa shape index (κ2) is 5.12. The molecule has 5 heteroatoms. The van der Waals surface area contributed by atoms with Crippen LogP contribution >= 0.6 is 0 Å². The first-order valence-corrected chi connectivity index (χ1v) is 5.42. The van der Waals surface area contributed by atoms with E-state index in [4.69, 9.17) is 0 Å². The summed E-state index contributed by atoms with van der Waals surface area (Å²) in [5.41, 5.74) is -0.335. The third-order valence-corrected chi connectivity index (χ3v) is 2.65. The van der Waals surface area contributed by atoms with Crippen molar-refractivity contribution in [3.63, 3.8) is 0 Å². The minimum absolute atomic E-state index is 0.0735. The monoisotopic (exact) mass is 224 g/mol. The molecule has 0 saturated heterocycles. The van der Waals surface area contributed by atoms with Gasteiger partial charge in [0.2, 0.25) is 0 Å². The van der Waals surface area contributed by atoms with Gasteiger partial charge in [0.1, 0.15) is 18.0 Å². The van der Waals surface area contributed by atoms with Gasteiger partial charge in [-0.15, -0.1) is 0 Å². The molecule has 1 rings (SSSR count). The highest BCUT2D eigenvalue weighted by Gasteiger charge is 2.23. The minimum atomic E-state index is -0.335. The molecule has 1 aromatic rings. The summed E-state index contributed by atoms with van der Waals surface area (Å²) in [5.74, 6) is 1.60. The van der Waals surface area contributed by atoms with Crippen LogP contribution in [0.3, 0.4) is 0 Å². The normalized spacial score (nSPS) is 11.3.